The monoisotopic (exact) mass is 1030 g/mol. The summed E-state index contributed by atoms with van der Waals surface area (Å²) in [5, 5.41) is 43.3. The molecule has 73 heavy (non-hydrogen) atoms. The number of aromatic nitrogens is 3. The second-order valence-corrected chi connectivity index (χ2v) is 21.7. The SMILES string of the molecule is C=C[C@@]1(OC)C[C@@H](C)C(=N)[C@H](C)[C@@H](O)[C@](C)(O)[C@@H](CC)OC(=O)[C@H](C)[C@@H](C2C[C@@](C)(OC)C[C@H](C)O2)[C@H](C)[C@H]1O[C@H]1C[C@@H](N(C)CCc2cn([C@H](CF)[C@H](OC)c3ccc(N(N)/C=C\N)cc3)nn2)C[C@@H](C)O1. The minimum absolute atomic E-state index is 0.00496. The van der Waals surface area contributed by atoms with Crippen LogP contribution < -0.4 is 16.6 Å². The number of rotatable bonds is 18. The fourth-order valence-electron chi connectivity index (χ4n) is 12.0. The summed E-state index contributed by atoms with van der Waals surface area (Å²) < 4.78 is 61.9. The van der Waals surface area contributed by atoms with E-state index in [2.05, 4.69) is 35.8 Å². The summed E-state index contributed by atoms with van der Waals surface area (Å²) in [6, 6.07) is 6.50. The van der Waals surface area contributed by atoms with Crippen LogP contribution in [0.3, 0.4) is 0 Å². The van der Waals surface area contributed by atoms with Gasteiger partial charge in [-0.2, -0.15) is 0 Å². The highest BCUT2D eigenvalue weighted by atomic mass is 19.1. The van der Waals surface area contributed by atoms with Crippen molar-refractivity contribution in [1.82, 2.24) is 19.9 Å². The van der Waals surface area contributed by atoms with Gasteiger partial charge in [0.15, 0.2) is 6.29 Å². The number of methoxy groups -OCH3 is 3. The molecule has 1 aromatic carbocycles. The van der Waals surface area contributed by atoms with Crippen LogP contribution in [0.15, 0.2) is 55.5 Å². The van der Waals surface area contributed by atoms with E-state index in [9.17, 15) is 24.8 Å². The second-order valence-electron chi connectivity index (χ2n) is 21.7. The van der Waals surface area contributed by atoms with Gasteiger partial charge in [-0.25, -0.2) is 14.9 Å². The number of benzene rings is 1. The molecule has 18 nitrogen and oxygen atoms in total. The molecule has 0 saturated carbocycles. The number of likely N-dealkylation sites (N-methyl/N-ethyl adjacent to an activating group) is 1. The summed E-state index contributed by atoms with van der Waals surface area (Å²) in [7, 11) is 6.89. The van der Waals surface area contributed by atoms with Gasteiger partial charge in [-0.05, 0) is 83.5 Å². The Balaban J connectivity index is 1.45. The number of hydrogen-bond donors (Lipinski definition) is 5. The summed E-state index contributed by atoms with van der Waals surface area (Å²) in [4.78, 5) is 16.9. The Kier molecular flexibility index (Phi) is 21.2. The maximum Gasteiger partial charge on any atom is 0.309 e. The Morgan fingerprint density at radius 1 is 1.03 bits per heavy atom. The number of nitrogens with two attached hydrogens (primary N) is 2. The first-order valence-electron chi connectivity index (χ1n) is 26.1. The standard InChI is InChI=1S/C54H89FN8O10/c1-15-44-53(10,66)49(64)37(8)47(57)32(3)27-54(16-2,69-14)50(35(6)46(36(7)51(65)72-44)43-29-52(9,68-13)28-34(5)70-43)73-45-26-41(25-33(4)71-45)61(11)23-21-39-31-63(60-59-39)42(30-55)48(67-12)38-17-19-40(20-18-38)62(58)24-22-56/h16-20,22,24,31-37,41-46,48-50,57,64,66H,2,15,21,23,25-30,56,58H2,1,3-14H3/b24-22-,57-47?/t32-,33-,34+,35+,36-,37+,41+,42-,43?,44-,45+,46+,48-,49-,50-,52+,53-,54-/m1/s1. The molecule has 5 rings (SSSR count). The number of cyclic esters (lactones) is 1. The predicted molar refractivity (Wildman–Crippen MR) is 278 cm³/mol. The number of aliphatic hydroxyl groups is 2. The quantitative estimate of drug-likeness (QED) is 0.0458. The molecule has 0 amide bonds. The molecule has 2 aromatic rings. The van der Waals surface area contributed by atoms with Crippen molar-refractivity contribution in [3.05, 3.63) is 66.8 Å². The highest BCUT2D eigenvalue weighted by Crippen LogP contribution is 2.46. The minimum atomic E-state index is -1.87. The van der Waals surface area contributed by atoms with Gasteiger partial charge in [-0.3, -0.25) is 9.80 Å². The number of nitrogens with zero attached hydrogens (tertiary/aromatic N) is 5. The summed E-state index contributed by atoms with van der Waals surface area (Å²) in [6.07, 6.45) is 4.05. The zero-order chi connectivity index (χ0) is 54.2. The average molecular weight is 1030 g/mol. The Hall–Kier alpha value is -3.89. The van der Waals surface area contributed by atoms with Gasteiger partial charge in [0.1, 0.15) is 36.1 Å². The number of aliphatic hydroxyl groups excluding tert-OH is 1. The van der Waals surface area contributed by atoms with Crippen molar-refractivity contribution in [2.24, 2.45) is 41.2 Å². The number of alkyl halides is 1. The van der Waals surface area contributed by atoms with Gasteiger partial charge in [0.2, 0.25) is 0 Å². The van der Waals surface area contributed by atoms with Gasteiger partial charge in [-0.1, -0.05) is 58.0 Å². The van der Waals surface area contributed by atoms with Gasteiger partial charge < -0.3 is 59.4 Å². The fraction of sp³-hybridized carbons (Fsp3) is 0.741. The molecule has 1 aromatic heterocycles. The van der Waals surface area contributed by atoms with Crippen molar-refractivity contribution in [3.8, 4) is 0 Å². The Bertz CT molecular complexity index is 2120. The summed E-state index contributed by atoms with van der Waals surface area (Å²) >= 11 is 0. The first-order valence-corrected chi connectivity index (χ1v) is 26.1. The Labute approximate surface area is 433 Å². The zero-order valence-corrected chi connectivity index (χ0v) is 45.8. The molecule has 3 aliphatic rings. The fourth-order valence-corrected chi connectivity index (χ4v) is 12.0. The third kappa shape index (κ3) is 13.8. The highest BCUT2D eigenvalue weighted by Gasteiger charge is 2.54. The van der Waals surface area contributed by atoms with Crippen molar-refractivity contribution >= 4 is 17.4 Å². The Morgan fingerprint density at radius 2 is 1.71 bits per heavy atom. The van der Waals surface area contributed by atoms with Crippen LogP contribution in [0.4, 0.5) is 10.1 Å². The van der Waals surface area contributed by atoms with Gasteiger partial charge in [0.25, 0.3) is 0 Å². The Morgan fingerprint density at radius 3 is 2.30 bits per heavy atom. The average Bonchev–Trinajstić information content (AvgIpc) is 3.84. The third-order valence-corrected chi connectivity index (χ3v) is 16.4. The lowest BCUT2D eigenvalue weighted by Crippen LogP contribution is -2.59. The minimum Gasteiger partial charge on any atom is -0.459 e. The molecule has 0 radical (unpaired) electrons. The molecule has 7 N–H and O–H groups in total. The van der Waals surface area contributed by atoms with Crippen LogP contribution in [0.2, 0.25) is 0 Å². The van der Waals surface area contributed by atoms with Crippen molar-refractivity contribution in [2.45, 2.75) is 185 Å². The lowest BCUT2D eigenvalue weighted by Gasteiger charge is -2.51. The molecular formula is C54H89FN8O10. The van der Waals surface area contributed by atoms with Crippen molar-refractivity contribution in [1.29, 1.82) is 5.41 Å². The lowest BCUT2D eigenvalue weighted by atomic mass is 9.67. The van der Waals surface area contributed by atoms with Gasteiger partial charge in [-0.15, -0.1) is 11.7 Å². The number of nitrogens with one attached hydrogen (secondary N) is 1. The summed E-state index contributed by atoms with van der Waals surface area (Å²) in [5.74, 6) is 2.32. The number of carbonyl (C=O) groups is 1. The van der Waals surface area contributed by atoms with Crippen LogP contribution in [0, 0.1) is 35.0 Å². The van der Waals surface area contributed by atoms with E-state index in [4.69, 9.17) is 44.7 Å². The number of carbonyl (C=O) groups excluding carboxylic acids is 1. The van der Waals surface area contributed by atoms with Crippen molar-refractivity contribution < 1.29 is 52.6 Å². The van der Waals surface area contributed by atoms with Crippen molar-refractivity contribution in [2.75, 3.05) is 46.6 Å². The maximum absolute atomic E-state index is 14.9. The normalized spacial score (nSPS) is 37.2. The van der Waals surface area contributed by atoms with E-state index < -0.39 is 102 Å². The van der Waals surface area contributed by atoms with Gasteiger partial charge >= 0.3 is 5.97 Å². The van der Waals surface area contributed by atoms with E-state index in [0.717, 1.165) is 5.56 Å². The molecule has 0 aliphatic carbocycles. The summed E-state index contributed by atoms with van der Waals surface area (Å²) in [6.45, 7) is 21.0. The molecular weight excluding hydrogens is 940 g/mol. The lowest BCUT2D eigenvalue weighted by molar-refractivity contribution is -0.269. The molecule has 3 fully saturated rings. The zero-order valence-electron chi connectivity index (χ0n) is 45.8. The summed E-state index contributed by atoms with van der Waals surface area (Å²) in [5.41, 5.74) is 4.14. The smallest absolute Gasteiger partial charge is 0.309 e. The maximum atomic E-state index is 14.9. The topological polar surface area (TPSA) is 235 Å². The van der Waals surface area contributed by atoms with Crippen LogP contribution in [-0.4, -0.2) is 149 Å². The molecule has 4 heterocycles. The number of anilines is 1. The van der Waals surface area contributed by atoms with E-state index in [1.54, 1.807) is 52.5 Å². The molecule has 3 aliphatic heterocycles. The van der Waals surface area contributed by atoms with Crippen LogP contribution >= 0.6 is 0 Å². The number of halogens is 1. The number of hydrogen-bond acceptors (Lipinski definition) is 17. The first kappa shape index (κ1) is 60.0. The van der Waals surface area contributed by atoms with Gasteiger partial charge in [0.05, 0.1) is 53.4 Å². The van der Waals surface area contributed by atoms with Crippen molar-refractivity contribution in [3.63, 3.8) is 0 Å². The molecule has 19 heteroatoms. The highest BCUT2D eigenvalue weighted by molar-refractivity contribution is 5.86. The predicted octanol–water partition coefficient (Wildman–Crippen LogP) is 6.60. The van der Waals surface area contributed by atoms with Crippen LogP contribution in [-0.2, 0) is 44.4 Å². The molecule has 0 spiro atoms. The van der Waals surface area contributed by atoms with Crippen LogP contribution in [0.1, 0.15) is 124 Å². The van der Waals surface area contributed by atoms with E-state index in [1.165, 1.54) is 36.1 Å². The molecule has 1 unspecified atom stereocenters. The molecule has 18 atom stereocenters. The molecule has 412 valence electrons. The van der Waals surface area contributed by atoms with Gasteiger partial charge in [0, 0.05) is 95.7 Å². The number of hydrazine groups is 1. The van der Waals surface area contributed by atoms with Crippen LogP contribution in [0.25, 0.3) is 0 Å². The number of esters is 1. The largest absolute Gasteiger partial charge is 0.459 e. The van der Waals surface area contributed by atoms with E-state index in [1.807, 2.05) is 46.8 Å². The molecule has 3 saturated heterocycles. The van der Waals surface area contributed by atoms with E-state index >= 15 is 0 Å². The van der Waals surface area contributed by atoms with E-state index in [0.29, 0.717) is 50.0 Å². The van der Waals surface area contributed by atoms with E-state index in [-0.39, 0.29) is 36.8 Å². The first-order chi connectivity index (χ1) is 34.5. The number of ether oxygens (including phenoxy) is 7. The van der Waals surface area contributed by atoms with Crippen LogP contribution in [0.5, 0.6) is 0 Å². The third-order valence-electron chi connectivity index (χ3n) is 16.4. The second kappa shape index (κ2) is 25.8. The molecule has 0 bridgehead atoms.